The summed E-state index contributed by atoms with van der Waals surface area (Å²) in [6.07, 6.45) is 13.1. The van der Waals surface area contributed by atoms with Crippen LogP contribution < -0.4 is 5.32 Å². The van der Waals surface area contributed by atoms with Gasteiger partial charge in [0.25, 0.3) is 0 Å². The first-order valence-corrected chi connectivity index (χ1v) is 7.43. The van der Waals surface area contributed by atoms with E-state index in [-0.39, 0.29) is 0 Å². The molecule has 2 aliphatic rings. The molecule has 1 atom stereocenters. The Balaban J connectivity index is 1.71. The van der Waals surface area contributed by atoms with E-state index in [0.29, 0.717) is 5.41 Å². The van der Waals surface area contributed by atoms with Gasteiger partial charge in [-0.3, -0.25) is 0 Å². The molecule has 1 unspecified atom stereocenters. The van der Waals surface area contributed by atoms with Crippen molar-refractivity contribution in [2.45, 2.75) is 77.7 Å². The van der Waals surface area contributed by atoms with Crippen molar-refractivity contribution in [3.8, 4) is 0 Å². The van der Waals surface area contributed by atoms with Crippen molar-refractivity contribution >= 4 is 0 Å². The van der Waals surface area contributed by atoms with Gasteiger partial charge >= 0.3 is 0 Å². The number of hydrogen-bond acceptors (Lipinski definition) is 1. The van der Waals surface area contributed by atoms with Crippen LogP contribution in [-0.2, 0) is 0 Å². The summed E-state index contributed by atoms with van der Waals surface area (Å²) in [5.41, 5.74) is 0.614. The summed E-state index contributed by atoms with van der Waals surface area (Å²) in [6.45, 7) is 6.14. The molecule has 2 aliphatic carbocycles. The predicted octanol–water partition coefficient (Wildman–Crippen LogP) is 4.13. The van der Waals surface area contributed by atoms with Crippen LogP contribution in [0.4, 0.5) is 0 Å². The van der Waals surface area contributed by atoms with Gasteiger partial charge in [-0.2, -0.15) is 0 Å². The largest absolute Gasteiger partial charge is 0.313 e. The monoisotopic (exact) mass is 223 g/mol. The Morgan fingerprint density at radius 2 is 1.69 bits per heavy atom. The van der Waals surface area contributed by atoms with E-state index in [9.17, 15) is 0 Å². The van der Waals surface area contributed by atoms with Crippen molar-refractivity contribution in [1.29, 1.82) is 0 Å². The van der Waals surface area contributed by atoms with Crippen LogP contribution in [0.2, 0.25) is 0 Å². The van der Waals surface area contributed by atoms with Crippen molar-refractivity contribution in [3.05, 3.63) is 0 Å². The van der Waals surface area contributed by atoms with E-state index in [1.54, 1.807) is 0 Å². The van der Waals surface area contributed by atoms with E-state index in [2.05, 4.69) is 19.2 Å². The third-order valence-corrected chi connectivity index (χ3v) is 5.02. The van der Waals surface area contributed by atoms with Gasteiger partial charge in [-0.25, -0.2) is 0 Å². The van der Waals surface area contributed by atoms with E-state index in [1.165, 1.54) is 64.3 Å². The topological polar surface area (TPSA) is 12.0 Å². The molecule has 1 heteroatoms. The lowest BCUT2D eigenvalue weighted by Crippen LogP contribution is -2.40. The van der Waals surface area contributed by atoms with Crippen molar-refractivity contribution in [2.75, 3.05) is 6.54 Å². The SMILES string of the molecule is CC(NCC1(C)CCCC1)C1CCCCC1. The van der Waals surface area contributed by atoms with Crippen LogP contribution in [0.1, 0.15) is 71.6 Å². The lowest BCUT2D eigenvalue weighted by molar-refractivity contribution is 0.239. The standard InChI is InChI=1S/C15H29N/c1-13(14-8-4-3-5-9-14)16-12-15(2)10-6-7-11-15/h13-14,16H,3-12H2,1-2H3. The maximum Gasteiger partial charge on any atom is 0.00672 e. The smallest absolute Gasteiger partial charge is 0.00672 e. The molecule has 0 aromatic rings. The second-order valence-corrected chi connectivity index (χ2v) is 6.59. The molecular formula is C15H29N. The molecule has 2 rings (SSSR count). The average molecular weight is 223 g/mol. The van der Waals surface area contributed by atoms with Gasteiger partial charge in [0.2, 0.25) is 0 Å². The highest BCUT2D eigenvalue weighted by atomic mass is 14.9. The summed E-state index contributed by atoms with van der Waals surface area (Å²) < 4.78 is 0. The molecule has 0 aromatic heterocycles. The summed E-state index contributed by atoms with van der Waals surface area (Å²) in [4.78, 5) is 0. The lowest BCUT2D eigenvalue weighted by atomic mass is 9.83. The van der Waals surface area contributed by atoms with Crippen LogP contribution in [0.5, 0.6) is 0 Å². The minimum atomic E-state index is 0.614. The first kappa shape index (κ1) is 12.4. The summed E-state index contributed by atoms with van der Waals surface area (Å²) in [5.74, 6) is 0.957. The molecule has 0 aliphatic heterocycles. The van der Waals surface area contributed by atoms with Crippen molar-refractivity contribution in [3.63, 3.8) is 0 Å². The Kier molecular flexibility index (Phi) is 4.29. The zero-order valence-corrected chi connectivity index (χ0v) is 11.2. The summed E-state index contributed by atoms with van der Waals surface area (Å²) >= 11 is 0. The molecule has 2 fully saturated rings. The van der Waals surface area contributed by atoms with Gasteiger partial charge in [0.1, 0.15) is 0 Å². The molecule has 0 heterocycles. The third-order valence-electron chi connectivity index (χ3n) is 5.02. The van der Waals surface area contributed by atoms with Crippen LogP contribution in [0.15, 0.2) is 0 Å². The summed E-state index contributed by atoms with van der Waals surface area (Å²) in [7, 11) is 0. The normalized spacial score (nSPS) is 28.1. The fourth-order valence-corrected chi connectivity index (χ4v) is 3.61. The van der Waals surface area contributed by atoms with E-state index in [4.69, 9.17) is 0 Å². The quantitative estimate of drug-likeness (QED) is 0.756. The molecule has 16 heavy (non-hydrogen) atoms. The first-order chi connectivity index (χ1) is 7.70. The fraction of sp³-hybridized carbons (Fsp3) is 1.00. The summed E-state index contributed by atoms with van der Waals surface area (Å²) in [6, 6.07) is 0.748. The van der Waals surface area contributed by atoms with Crippen molar-refractivity contribution in [2.24, 2.45) is 11.3 Å². The van der Waals surface area contributed by atoms with Crippen LogP contribution in [0, 0.1) is 11.3 Å². The zero-order chi connectivity index (χ0) is 11.4. The molecule has 0 spiro atoms. The van der Waals surface area contributed by atoms with Gasteiger partial charge < -0.3 is 5.32 Å². The maximum atomic E-state index is 3.83. The third kappa shape index (κ3) is 3.23. The highest BCUT2D eigenvalue weighted by Crippen LogP contribution is 2.37. The molecule has 2 saturated carbocycles. The van der Waals surface area contributed by atoms with Gasteiger partial charge in [0, 0.05) is 12.6 Å². The number of hydrogen-bond donors (Lipinski definition) is 1. The summed E-state index contributed by atoms with van der Waals surface area (Å²) in [5, 5.41) is 3.83. The Morgan fingerprint density at radius 3 is 2.31 bits per heavy atom. The number of nitrogens with one attached hydrogen (secondary N) is 1. The molecule has 0 amide bonds. The van der Waals surface area contributed by atoms with Crippen LogP contribution >= 0.6 is 0 Å². The molecule has 0 saturated heterocycles. The zero-order valence-electron chi connectivity index (χ0n) is 11.2. The first-order valence-electron chi connectivity index (χ1n) is 7.43. The Bertz CT molecular complexity index is 199. The van der Waals surface area contributed by atoms with Crippen molar-refractivity contribution in [1.82, 2.24) is 5.32 Å². The van der Waals surface area contributed by atoms with Crippen molar-refractivity contribution < 1.29 is 0 Å². The molecule has 1 nitrogen and oxygen atoms in total. The van der Waals surface area contributed by atoms with E-state index >= 15 is 0 Å². The fourth-order valence-electron chi connectivity index (χ4n) is 3.61. The predicted molar refractivity (Wildman–Crippen MR) is 70.6 cm³/mol. The van der Waals surface area contributed by atoms with Crippen LogP contribution in [0.3, 0.4) is 0 Å². The highest BCUT2D eigenvalue weighted by molar-refractivity contribution is 4.85. The van der Waals surface area contributed by atoms with Gasteiger partial charge in [0.05, 0.1) is 0 Å². The maximum absolute atomic E-state index is 3.83. The van der Waals surface area contributed by atoms with Crippen LogP contribution in [-0.4, -0.2) is 12.6 Å². The highest BCUT2D eigenvalue weighted by Gasteiger charge is 2.29. The Labute approximate surface area is 101 Å². The van der Waals surface area contributed by atoms with Crippen LogP contribution in [0.25, 0.3) is 0 Å². The minimum absolute atomic E-state index is 0.614. The molecule has 1 N–H and O–H groups in total. The number of rotatable bonds is 4. The Hall–Kier alpha value is -0.0400. The van der Waals surface area contributed by atoms with Gasteiger partial charge in [-0.05, 0) is 43.9 Å². The molecule has 0 bridgehead atoms. The average Bonchev–Trinajstić information content (AvgIpc) is 2.75. The second kappa shape index (κ2) is 5.53. The lowest BCUT2D eigenvalue weighted by Gasteiger charge is -2.32. The van der Waals surface area contributed by atoms with E-state index in [1.807, 2.05) is 0 Å². The molecule has 0 radical (unpaired) electrons. The molecule has 0 aromatic carbocycles. The van der Waals surface area contributed by atoms with E-state index in [0.717, 1.165) is 12.0 Å². The molecular weight excluding hydrogens is 194 g/mol. The minimum Gasteiger partial charge on any atom is -0.313 e. The molecule has 94 valence electrons. The Morgan fingerprint density at radius 1 is 1.06 bits per heavy atom. The van der Waals surface area contributed by atoms with Gasteiger partial charge in [-0.15, -0.1) is 0 Å². The van der Waals surface area contributed by atoms with Gasteiger partial charge in [-0.1, -0.05) is 39.0 Å². The van der Waals surface area contributed by atoms with Gasteiger partial charge in [0.15, 0.2) is 0 Å². The van der Waals surface area contributed by atoms with E-state index < -0.39 is 0 Å². The second-order valence-electron chi connectivity index (χ2n) is 6.59.